The number of hydrogen-bond acceptors (Lipinski definition) is 5. The summed E-state index contributed by atoms with van der Waals surface area (Å²) in [6, 6.07) is 9.46. The molecule has 1 aliphatic heterocycles. The molecule has 0 aliphatic carbocycles. The Bertz CT molecular complexity index is 795. The Labute approximate surface area is 159 Å². The highest BCUT2D eigenvalue weighted by Crippen LogP contribution is 2.24. The molecule has 0 saturated heterocycles. The summed E-state index contributed by atoms with van der Waals surface area (Å²) in [5, 5.41) is 9.04. The Morgan fingerprint density at radius 1 is 1.19 bits per heavy atom. The zero-order chi connectivity index (χ0) is 19.1. The quantitative estimate of drug-likeness (QED) is 0.697. The molecular formula is C20H26N4O3. The minimum atomic E-state index is -0.219. The first-order chi connectivity index (χ1) is 13.2. The minimum Gasteiger partial charge on any atom is -0.497 e. The lowest BCUT2D eigenvalue weighted by atomic mass is 10.1. The van der Waals surface area contributed by atoms with E-state index < -0.39 is 0 Å². The molecule has 0 fully saturated rings. The van der Waals surface area contributed by atoms with Crippen LogP contribution in [0.5, 0.6) is 11.5 Å². The van der Waals surface area contributed by atoms with E-state index in [4.69, 9.17) is 9.47 Å². The van der Waals surface area contributed by atoms with Crippen LogP contribution in [0.1, 0.15) is 23.2 Å². The summed E-state index contributed by atoms with van der Waals surface area (Å²) in [6.07, 6.45) is 2.91. The number of aromatic nitrogens is 1. The highest BCUT2D eigenvalue weighted by atomic mass is 16.5. The van der Waals surface area contributed by atoms with Crippen LogP contribution >= 0.6 is 0 Å². The van der Waals surface area contributed by atoms with Crippen molar-refractivity contribution in [2.75, 3.05) is 32.6 Å². The Balaban J connectivity index is 1.45. The van der Waals surface area contributed by atoms with E-state index in [1.165, 1.54) is 5.56 Å². The summed E-state index contributed by atoms with van der Waals surface area (Å²) in [4.78, 5) is 16.7. The molecule has 1 aliphatic rings. The van der Waals surface area contributed by atoms with E-state index in [0.717, 1.165) is 36.5 Å². The average Bonchev–Trinajstić information content (AvgIpc) is 2.72. The van der Waals surface area contributed by atoms with Gasteiger partial charge in [0.05, 0.1) is 14.2 Å². The molecule has 27 heavy (non-hydrogen) atoms. The van der Waals surface area contributed by atoms with E-state index in [-0.39, 0.29) is 6.03 Å². The number of hydrogen-bond donors (Lipinski definition) is 3. The second kappa shape index (κ2) is 9.12. The monoisotopic (exact) mass is 370 g/mol. The van der Waals surface area contributed by atoms with Gasteiger partial charge >= 0.3 is 6.03 Å². The predicted molar refractivity (Wildman–Crippen MR) is 105 cm³/mol. The summed E-state index contributed by atoms with van der Waals surface area (Å²) in [5.41, 5.74) is 3.13. The average molecular weight is 370 g/mol. The van der Waals surface area contributed by atoms with E-state index in [1.807, 2.05) is 18.2 Å². The highest BCUT2D eigenvalue weighted by Gasteiger charge is 2.11. The molecule has 2 heterocycles. The number of anilines is 1. The van der Waals surface area contributed by atoms with Gasteiger partial charge in [-0.3, -0.25) is 0 Å². The van der Waals surface area contributed by atoms with Crippen molar-refractivity contribution in [3.63, 3.8) is 0 Å². The van der Waals surface area contributed by atoms with E-state index in [2.05, 4.69) is 27.0 Å². The van der Waals surface area contributed by atoms with Crippen LogP contribution in [0, 0.1) is 0 Å². The van der Waals surface area contributed by atoms with Crippen LogP contribution in [0.4, 0.5) is 10.6 Å². The summed E-state index contributed by atoms with van der Waals surface area (Å²) < 4.78 is 10.5. The zero-order valence-corrected chi connectivity index (χ0v) is 15.8. The van der Waals surface area contributed by atoms with Gasteiger partial charge in [0.1, 0.15) is 17.3 Å². The predicted octanol–water partition coefficient (Wildman–Crippen LogP) is 2.50. The fourth-order valence-corrected chi connectivity index (χ4v) is 3.05. The number of urea groups is 1. The number of ether oxygens (including phenoxy) is 2. The Hall–Kier alpha value is -2.96. The lowest BCUT2D eigenvalue weighted by Crippen LogP contribution is -2.36. The van der Waals surface area contributed by atoms with Gasteiger partial charge in [-0.15, -0.1) is 0 Å². The Morgan fingerprint density at radius 2 is 2.07 bits per heavy atom. The number of aryl methyl sites for hydroxylation is 1. The number of nitrogens with one attached hydrogen (secondary N) is 3. The molecule has 2 amide bonds. The zero-order valence-electron chi connectivity index (χ0n) is 15.8. The molecular weight excluding hydrogens is 344 g/mol. The standard InChI is InChI=1S/C20H26N4O3/c1-26-17-8-6-15(18(12-17)27-2)13-23-20(25)22-11-9-16-7-5-14-4-3-10-21-19(14)24-16/h5-8,12H,3-4,9-11,13H2,1-2H3,(H,21,24)(H2,22,23,25). The molecule has 1 aromatic carbocycles. The van der Waals surface area contributed by atoms with Crippen LogP contribution in [0.3, 0.4) is 0 Å². The number of methoxy groups -OCH3 is 2. The lowest BCUT2D eigenvalue weighted by Gasteiger charge is -2.17. The van der Waals surface area contributed by atoms with Gasteiger partial charge in [-0.25, -0.2) is 9.78 Å². The molecule has 144 valence electrons. The highest BCUT2D eigenvalue weighted by molar-refractivity contribution is 5.73. The summed E-state index contributed by atoms with van der Waals surface area (Å²) in [7, 11) is 3.20. The molecule has 0 radical (unpaired) electrons. The number of fused-ring (bicyclic) bond motifs is 1. The summed E-state index contributed by atoms with van der Waals surface area (Å²) in [6.45, 7) is 1.87. The molecule has 3 rings (SSSR count). The largest absolute Gasteiger partial charge is 0.497 e. The van der Waals surface area contributed by atoms with Crippen molar-refractivity contribution < 1.29 is 14.3 Å². The van der Waals surface area contributed by atoms with E-state index in [9.17, 15) is 4.79 Å². The van der Waals surface area contributed by atoms with Gasteiger partial charge in [-0.2, -0.15) is 0 Å². The molecule has 0 spiro atoms. The van der Waals surface area contributed by atoms with Crippen molar-refractivity contribution in [3.05, 3.63) is 47.2 Å². The first-order valence-electron chi connectivity index (χ1n) is 9.15. The fourth-order valence-electron chi connectivity index (χ4n) is 3.05. The van der Waals surface area contributed by atoms with E-state index >= 15 is 0 Å². The third-order valence-electron chi connectivity index (χ3n) is 4.55. The summed E-state index contributed by atoms with van der Waals surface area (Å²) in [5.74, 6) is 2.38. The first kappa shape index (κ1) is 18.8. The number of pyridine rings is 1. The molecule has 0 atom stereocenters. The molecule has 7 heteroatoms. The number of rotatable bonds is 7. The molecule has 1 aromatic heterocycles. The van der Waals surface area contributed by atoms with Crippen molar-refractivity contribution >= 4 is 11.8 Å². The molecule has 2 aromatic rings. The van der Waals surface area contributed by atoms with Crippen LogP contribution in [0.15, 0.2) is 30.3 Å². The molecule has 7 nitrogen and oxygen atoms in total. The number of amides is 2. The molecule has 0 bridgehead atoms. The maximum Gasteiger partial charge on any atom is 0.315 e. The first-order valence-corrected chi connectivity index (χ1v) is 9.15. The fraction of sp³-hybridized carbons (Fsp3) is 0.400. The molecule has 3 N–H and O–H groups in total. The van der Waals surface area contributed by atoms with Gasteiger partial charge in [-0.05, 0) is 36.6 Å². The van der Waals surface area contributed by atoms with Crippen molar-refractivity contribution in [2.24, 2.45) is 0 Å². The van der Waals surface area contributed by atoms with Crippen LogP contribution in [0.25, 0.3) is 0 Å². The van der Waals surface area contributed by atoms with Crippen molar-refractivity contribution in [2.45, 2.75) is 25.8 Å². The van der Waals surface area contributed by atoms with Gasteiger partial charge < -0.3 is 25.4 Å². The van der Waals surface area contributed by atoms with Gasteiger partial charge in [0, 0.05) is 43.4 Å². The van der Waals surface area contributed by atoms with Crippen LogP contribution in [-0.4, -0.2) is 38.3 Å². The number of benzene rings is 1. The second-order valence-electron chi connectivity index (χ2n) is 6.38. The topological polar surface area (TPSA) is 84.5 Å². The molecule has 0 saturated carbocycles. The third kappa shape index (κ3) is 5.03. The maximum atomic E-state index is 12.0. The smallest absolute Gasteiger partial charge is 0.315 e. The Kier molecular flexibility index (Phi) is 6.35. The van der Waals surface area contributed by atoms with Gasteiger partial charge in [0.25, 0.3) is 0 Å². The van der Waals surface area contributed by atoms with Crippen LogP contribution in [-0.2, 0) is 19.4 Å². The van der Waals surface area contributed by atoms with Crippen molar-refractivity contribution in [1.82, 2.24) is 15.6 Å². The van der Waals surface area contributed by atoms with Crippen LogP contribution in [0.2, 0.25) is 0 Å². The third-order valence-corrected chi connectivity index (χ3v) is 4.55. The maximum absolute atomic E-state index is 12.0. The number of carbonyl (C=O) groups is 1. The number of carbonyl (C=O) groups excluding carboxylic acids is 1. The van der Waals surface area contributed by atoms with E-state index in [1.54, 1.807) is 20.3 Å². The van der Waals surface area contributed by atoms with Crippen LogP contribution < -0.4 is 25.4 Å². The SMILES string of the molecule is COc1ccc(CNC(=O)NCCc2ccc3c(n2)NCCC3)c(OC)c1. The minimum absolute atomic E-state index is 0.219. The second-order valence-corrected chi connectivity index (χ2v) is 6.38. The lowest BCUT2D eigenvalue weighted by molar-refractivity contribution is 0.240. The van der Waals surface area contributed by atoms with E-state index in [0.29, 0.717) is 31.0 Å². The number of nitrogens with zero attached hydrogens (tertiary/aromatic N) is 1. The van der Waals surface area contributed by atoms with Gasteiger partial charge in [-0.1, -0.05) is 6.07 Å². The summed E-state index contributed by atoms with van der Waals surface area (Å²) >= 11 is 0. The van der Waals surface area contributed by atoms with Crippen molar-refractivity contribution in [3.8, 4) is 11.5 Å². The van der Waals surface area contributed by atoms with Crippen molar-refractivity contribution in [1.29, 1.82) is 0 Å². The molecule has 0 unspecified atom stereocenters. The normalized spacial score (nSPS) is 12.5. The Morgan fingerprint density at radius 3 is 2.89 bits per heavy atom. The van der Waals surface area contributed by atoms with Gasteiger partial charge in [0.2, 0.25) is 0 Å². The van der Waals surface area contributed by atoms with Gasteiger partial charge in [0.15, 0.2) is 0 Å².